The smallest absolute Gasteiger partial charge is 0.228 e. The molecule has 1 unspecified atom stereocenters. The van der Waals surface area contributed by atoms with Crippen LogP contribution in [0, 0.1) is 12.3 Å². The van der Waals surface area contributed by atoms with Crippen molar-refractivity contribution in [2.24, 2.45) is 10.4 Å². The number of hydrogen-bond acceptors (Lipinski definition) is 5. The van der Waals surface area contributed by atoms with Gasteiger partial charge in [-0.05, 0) is 26.7 Å². The third-order valence-corrected chi connectivity index (χ3v) is 4.41. The molecule has 0 aromatic carbocycles. The predicted molar refractivity (Wildman–Crippen MR) is 82.8 cm³/mol. The van der Waals surface area contributed by atoms with E-state index in [1.807, 2.05) is 6.92 Å². The third kappa shape index (κ3) is 3.40. The summed E-state index contributed by atoms with van der Waals surface area (Å²) >= 11 is 0. The SMILES string of the molecule is CCNC(=NCCc1nc(C)no1)N1CCC2(CCOC2)C1. The Morgan fingerprint density at radius 3 is 3.05 bits per heavy atom. The zero-order valence-corrected chi connectivity index (χ0v) is 13.5. The minimum Gasteiger partial charge on any atom is -0.381 e. The van der Waals surface area contributed by atoms with Gasteiger partial charge in [-0.2, -0.15) is 4.98 Å². The molecular weight excluding hydrogens is 282 g/mol. The first-order valence-corrected chi connectivity index (χ1v) is 8.11. The fraction of sp³-hybridized carbons (Fsp3) is 0.800. The van der Waals surface area contributed by atoms with Crippen LogP contribution in [0.25, 0.3) is 0 Å². The number of hydrogen-bond donors (Lipinski definition) is 1. The summed E-state index contributed by atoms with van der Waals surface area (Å²) in [6, 6.07) is 0. The van der Waals surface area contributed by atoms with Gasteiger partial charge < -0.3 is 19.5 Å². The molecule has 1 N–H and O–H groups in total. The topological polar surface area (TPSA) is 75.8 Å². The Labute approximate surface area is 131 Å². The van der Waals surface area contributed by atoms with Crippen LogP contribution in [0.15, 0.2) is 9.52 Å². The van der Waals surface area contributed by atoms with E-state index in [0.29, 0.717) is 30.1 Å². The second kappa shape index (κ2) is 6.64. The number of likely N-dealkylation sites (tertiary alicyclic amines) is 1. The van der Waals surface area contributed by atoms with Gasteiger partial charge >= 0.3 is 0 Å². The Bertz CT molecular complexity index is 522. The first-order chi connectivity index (χ1) is 10.7. The van der Waals surface area contributed by atoms with Crippen LogP contribution in [0.4, 0.5) is 0 Å². The molecule has 3 rings (SSSR count). The second-order valence-electron chi connectivity index (χ2n) is 6.20. The highest BCUT2D eigenvalue weighted by Crippen LogP contribution is 2.38. The van der Waals surface area contributed by atoms with Crippen LogP contribution in [-0.2, 0) is 11.2 Å². The molecule has 0 saturated carbocycles. The molecule has 22 heavy (non-hydrogen) atoms. The maximum atomic E-state index is 5.60. The molecule has 2 aliphatic heterocycles. The molecule has 7 nitrogen and oxygen atoms in total. The molecule has 122 valence electrons. The van der Waals surface area contributed by atoms with Gasteiger partial charge in [0.1, 0.15) is 0 Å². The molecule has 2 saturated heterocycles. The fourth-order valence-electron chi connectivity index (χ4n) is 3.21. The van der Waals surface area contributed by atoms with Crippen molar-refractivity contribution in [3.63, 3.8) is 0 Å². The Balaban J connectivity index is 1.58. The Kier molecular flexibility index (Phi) is 4.61. The molecule has 1 aromatic rings. The zero-order chi connectivity index (χ0) is 15.4. The first kappa shape index (κ1) is 15.3. The lowest BCUT2D eigenvalue weighted by atomic mass is 9.87. The van der Waals surface area contributed by atoms with Gasteiger partial charge in [0.2, 0.25) is 5.89 Å². The minimum absolute atomic E-state index is 0.347. The minimum atomic E-state index is 0.347. The Morgan fingerprint density at radius 1 is 1.45 bits per heavy atom. The van der Waals surface area contributed by atoms with E-state index in [1.54, 1.807) is 0 Å². The molecule has 0 amide bonds. The average molecular weight is 307 g/mol. The van der Waals surface area contributed by atoms with Gasteiger partial charge in [-0.3, -0.25) is 4.99 Å². The number of nitrogens with zero attached hydrogens (tertiary/aromatic N) is 4. The van der Waals surface area contributed by atoms with E-state index in [2.05, 4.69) is 27.3 Å². The zero-order valence-electron chi connectivity index (χ0n) is 13.5. The van der Waals surface area contributed by atoms with Gasteiger partial charge in [0, 0.05) is 38.1 Å². The number of aliphatic imine (C=N–C) groups is 1. The van der Waals surface area contributed by atoms with Gasteiger partial charge in [-0.1, -0.05) is 5.16 Å². The van der Waals surface area contributed by atoms with Crippen molar-refractivity contribution in [3.05, 3.63) is 11.7 Å². The van der Waals surface area contributed by atoms with Gasteiger partial charge in [-0.25, -0.2) is 0 Å². The van der Waals surface area contributed by atoms with Crippen LogP contribution >= 0.6 is 0 Å². The van der Waals surface area contributed by atoms with E-state index in [1.165, 1.54) is 12.8 Å². The van der Waals surface area contributed by atoms with E-state index in [0.717, 1.165) is 38.8 Å². The molecule has 0 radical (unpaired) electrons. The lowest BCUT2D eigenvalue weighted by molar-refractivity contribution is 0.156. The molecular formula is C15H25N5O2. The molecule has 1 atom stereocenters. The van der Waals surface area contributed by atoms with Crippen LogP contribution in [-0.4, -0.2) is 60.4 Å². The van der Waals surface area contributed by atoms with E-state index >= 15 is 0 Å². The van der Waals surface area contributed by atoms with Crippen molar-refractivity contribution in [2.45, 2.75) is 33.1 Å². The number of nitrogens with one attached hydrogen (secondary N) is 1. The highest BCUT2D eigenvalue weighted by atomic mass is 16.5. The molecule has 0 bridgehead atoms. The summed E-state index contributed by atoms with van der Waals surface area (Å²) in [5.41, 5.74) is 0.347. The molecule has 3 heterocycles. The molecule has 7 heteroatoms. The Hall–Kier alpha value is -1.63. The molecule has 0 aliphatic carbocycles. The molecule has 2 fully saturated rings. The Morgan fingerprint density at radius 2 is 2.36 bits per heavy atom. The largest absolute Gasteiger partial charge is 0.381 e. The number of aryl methyl sites for hydroxylation is 1. The van der Waals surface area contributed by atoms with Crippen molar-refractivity contribution < 1.29 is 9.26 Å². The highest BCUT2D eigenvalue weighted by Gasteiger charge is 2.42. The summed E-state index contributed by atoms with van der Waals surface area (Å²) in [5, 5.41) is 7.19. The highest BCUT2D eigenvalue weighted by molar-refractivity contribution is 5.80. The summed E-state index contributed by atoms with van der Waals surface area (Å²) in [5.74, 6) is 2.32. The van der Waals surface area contributed by atoms with Crippen molar-refractivity contribution in [1.29, 1.82) is 0 Å². The molecule has 1 spiro atoms. The average Bonchev–Trinajstić information content (AvgIpc) is 3.22. The maximum absolute atomic E-state index is 5.60. The van der Waals surface area contributed by atoms with E-state index in [-0.39, 0.29) is 0 Å². The van der Waals surface area contributed by atoms with Crippen LogP contribution in [0.3, 0.4) is 0 Å². The second-order valence-corrected chi connectivity index (χ2v) is 6.20. The summed E-state index contributed by atoms with van der Waals surface area (Å²) in [6.45, 7) is 9.34. The quantitative estimate of drug-likeness (QED) is 0.660. The molecule has 2 aliphatic rings. The summed E-state index contributed by atoms with van der Waals surface area (Å²) in [7, 11) is 0. The summed E-state index contributed by atoms with van der Waals surface area (Å²) in [6.07, 6.45) is 3.04. The van der Waals surface area contributed by atoms with Crippen LogP contribution in [0.2, 0.25) is 0 Å². The number of aromatic nitrogens is 2. The molecule has 1 aromatic heterocycles. The van der Waals surface area contributed by atoms with Gasteiger partial charge in [0.05, 0.1) is 13.2 Å². The van der Waals surface area contributed by atoms with Crippen LogP contribution < -0.4 is 5.32 Å². The van der Waals surface area contributed by atoms with E-state index in [4.69, 9.17) is 14.3 Å². The monoisotopic (exact) mass is 307 g/mol. The fourth-order valence-corrected chi connectivity index (χ4v) is 3.21. The van der Waals surface area contributed by atoms with Crippen molar-refractivity contribution >= 4 is 5.96 Å². The van der Waals surface area contributed by atoms with Crippen LogP contribution in [0.5, 0.6) is 0 Å². The summed E-state index contributed by atoms with van der Waals surface area (Å²) in [4.78, 5) is 11.3. The third-order valence-electron chi connectivity index (χ3n) is 4.41. The predicted octanol–water partition coefficient (Wildman–Crippen LogP) is 0.998. The standard InChI is InChI=1S/C15H25N5O2/c1-3-16-14(17-7-4-13-18-12(2)19-22-13)20-8-5-15(10-20)6-9-21-11-15/h3-11H2,1-2H3,(H,16,17). The summed E-state index contributed by atoms with van der Waals surface area (Å²) < 4.78 is 10.7. The lowest BCUT2D eigenvalue weighted by Crippen LogP contribution is -2.41. The van der Waals surface area contributed by atoms with Gasteiger partial charge in [-0.15, -0.1) is 0 Å². The van der Waals surface area contributed by atoms with E-state index < -0.39 is 0 Å². The number of guanidine groups is 1. The maximum Gasteiger partial charge on any atom is 0.228 e. The lowest BCUT2D eigenvalue weighted by Gasteiger charge is -2.24. The van der Waals surface area contributed by atoms with Gasteiger partial charge in [0.25, 0.3) is 0 Å². The van der Waals surface area contributed by atoms with Crippen molar-refractivity contribution in [2.75, 3.05) is 39.4 Å². The van der Waals surface area contributed by atoms with Crippen LogP contribution in [0.1, 0.15) is 31.5 Å². The van der Waals surface area contributed by atoms with Crippen molar-refractivity contribution in [3.8, 4) is 0 Å². The van der Waals surface area contributed by atoms with Crippen molar-refractivity contribution in [1.82, 2.24) is 20.4 Å². The number of rotatable bonds is 4. The first-order valence-electron chi connectivity index (χ1n) is 8.11. The van der Waals surface area contributed by atoms with Gasteiger partial charge in [0.15, 0.2) is 11.8 Å². The number of ether oxygens (including phenoxy) is 1. The normalized spacial score (nSPS) is 25.4. The van der Waals surface area contributed by atoms with E-state index in [9.17, 15) is 0 Å².